The number of hydrogen-bond acceptors (Lipinski definition) is 4. The van der Waals surface area contributed by atoms with Crippen molar-refractivity contribution in [2.75, 3.05) is 25.0 Å². The van der Waals surface area contributed by atoms with E-state index in [1.54, 1.807) is 32.0 Å². The van der Waals surface area contributed by atoms with Crippen molar-refractivity contribution >= 4 is 41.5 Å². The fourth-order valence-electron chi connectivity index (χ4n) is 2.33. The van der Waals surface area contributed by atoms with Crippen molar-refractivity contribution in [3.63, 3.8) is 0 Å². The summed E-state index contributed by atoms with van der Waals surface area (Å²) in [5.74, 6) is 0.704. The summed E-state index contributed by atoms with van der Waals surface area (Å²) in [5, 5.41) is 19.1. The Morgan fingerprint density at radius 1 is 1.29 bits per heavy atom. The number of rotatable bonds is 7. The summed E-state index contributed by atoms with van der Waals surface area (Å²) in [7, 11) is 0. The molecule has 1 heterocycles. The van der Waals surface area contributed by atoms with Gasteiger partial charge in [-0.25, -0.2) is 9.38 Å². The van der Waals surface area contributed by atoms with Gasteiger partial charge >= 0.3 is 0 Å². The average Bonchev–Trinajstić information content (AvgIpc) is 3.05. The Labute approximate surface area is 180 Å². The van der Waals surface area contributed by atoms with E-state index in [1.165, 1.54) is 18.2 Å². The molecular weight excluding hydrogens is 478 g/mol. The first-order valence-electron chi connectivity index (χ1n) is 8.67. The topological polar surface area (TPSA) is 98.9 Å². The molecule has 0 aliphatic carbocycles. The maximum atomic E-state index is 13.2. The highest BCUT2D eigenvalue weighted by Crippen LogP contribution is 2.21. The number of carbonyl (C=O) groups excluding carboxylic acids is 1. The van der Waals surface area contributed by atoms with Crippen molar-refractivity contribution in [1.82, 2.24) is 10.6 Å². The van der Waals surface area contributed by atoms with E-state index in [0.29, 0.717) is 29.7 Å². The molecule has 1 atom stereocenters. The van der Waals surface area contributed by atoms with Crippen molar-refractivity contribution in [2.45, 2.75) is 26.4 Å². The second-order valence-electron chi connectivity index (χ2n) is 6.29. The minimum Gasteiger partial charge on any atom is -0.463 e. The highest BCUT2D eigenvalue weighted by molar-refractivity contribution is 14.0. The summed E-state index contributed by atoms with van der Waals surface area (Å²) in [6.45, 7) is 5.87. The van der Waals surface area contributed by atoms with Crippen LogP contribution < -0.4 is 16.0 Å². The average molecular weight is 504 g/mol. The zero-order valence-electron chi connectivity index (χ0n) is 16.1. The standard InChI is InChI=1S/C19H25FN4O3.HI/c1-4-21-18(23-12-19(3,26)16-9-8-13(2)27-16)22-11-17(25)24-15-7-5-6-14(20)10-15;/h5-10,26H,4,11-12H2,1-3H3,(H,24,25)(H2,21,22,23);1H. The molecule has 7 nitrogen and oxygen atoms in total. The Hall–Kier alpha value is -2.14. The van der Waals surface area contributed by atoms with Crippen LogP contribution in [0.15, 0.2) is 45.8 Å². The molecule has 0 aliphatic heterocycles. The Morgan fingerprint density at radius 3 is 2.64 bits per heavy atom. The molecule has 0 saturated heterocycles. The summed E-state index contributed by atoms with van der Waals surface area (Å²) < 4.78 is 18.6. The highest BCUT2D eigenvalue weighted by atomic mass is 127. The Kier molecular flexibility index (Phi) is 9.39. The summed E-state index contributed by atoms with van der Waals surface area (Å²) in [6.07, 6.45) is 0. The molecule has 0 bridgehead atoms. The number of aliphatic hydroxyl groups is 1. The van der Waals surface area contributed by atoms with Crippen LogP contribution in [0.3, 0.4) is 0 Å². The van der Waals surface area contributed by atoms with Crippen LogP contribution in [-0.2, 0) is 10.4 Å². The maximum Gasteiger partial charge on any atom is 0.246 e. The number of guanidine groups is 1. The van der Waals surface area contributed by atoms with E-state index in [1.807, 2.05) is 6.92 Å². The number of amides is 1. The van der Waals surface area contributed by atoms with E-state index in [9.17, 15) is 14.3 Å². The molecule has 9 heteroatoms. The molecule has 4 N–H and O–H groups in total. The summed E-state index contributed by atoms with van der Waals surface area (Å²) in [5.41, 5.74) is -0.877. The fourth-order valence-corrected chi connectivity index (χ4v) is 2.33. The van der Waals surface area contributed by atoms with E-state index < -0.39 is 11.4 Å². The van der Waals surface area contributed by atoms with Crippen molar-refractivity contribution < 1.29 is 18.7 Å². The van der Waals surface area contributed by atoms with E-state index in [-0.39, 0.29) is 43.0 Å². The summed E-state index contributed by atoms with van der Waals surface area (Å²) in [6, 6.07) is 9.13. The van der Waals surface area contributed by atoms with Gasteiger partial charge in [-0.15, -0.1) is 24.0 Å². The molecule has 28 heavy (non-hydrogen) atoms. The Morgan fingerprint density at radius 2 is 2.04 bits per heavy atom. The zero-order valence-corrected chi connectivity index (χ0v) is 18.4. The third-order valence-corrected chi connectivity index (χ3v) is 3.70. The summed E-state index contributed by atoms with van der Waals surface area (Å²) >= 11 is 0. The van der Waals surface area contributed by atoms with Gasteiger partial charge in [-0.2, -0.15) is 0 Å². The van der Waals surface area contributed by atoms with Gasteiger partial charge in [0.05, 0.1) is 6.54 Å². The van der Waals surface area contributed by atoms with E-state index in [4.69, 9.17) is 4.42 Å². The highest BCUT2D eigenvalue weighted by Gasteiger charge is 2.27. The Bertz CT molecular complexity index is 808. The van der Waals surface area contributed by atoms with Gasteiger partial charge in [0, 0.05) is 12.2 Å². The van der Waals surface area contributed by atoms with Crippen molar-refractivity contribution in [1.29, 1.82) is 0 Å². The molecule has 0 spiro atoms. The molecule has 1 unspecified atom stereocenters. The van der Waals surface area contributed by atoms with Gasteiger partial charge in [0.25, 0.3) is 0 Å². The van der Waals surface area contributed by atoms with Crippen LogP contribution in [0.25, 0.3) is 0 Å². The number of hydrogen-bond donors (Lipinski definition) is 4. The molecule has 2 rings (SSSR count). The van der Waals surface area contributed by atoms with Gasteiger partial charge in [-0.05, 0) is 51.1 Å². The molecule has 2 aromatic rings. The van der Waals surface area contributed by atoms with E-state index >= 15 is 0 Å². The molecule has 0 fully saturated rings. The predicted octanol–water partition coefficient (Wildman–Crippen LogP) is 2.75. The number of furan rings is 1. The van der Waals surface area contributed by atoms with Crippen LogP contribution in [0.5, 0.6) is 0 Å². The van der Waals surface area contributed by atoms with Gasteiger partial charge in [0.2, 0.25) is 5.91 Å². The second-order valence-corrected chi connectivity index (χ2v) is 6.29. The molecule has 0 saturated carbocycles. The van der Waals surface area contributed by atoms with Crippen LogP contribution in [0, 0.1) is 12.7 Å². The minimum absolute atomic E-state index is 0. The molecule has 154 valence electrons. The monoisotopic (exact) mass is 504 g/mol. The number of nitrogens with one attached hydrogen (secondary N) is 3. The lowest BCUT2D eigenvalue weighted by Crippen LogP contribution is -2.44. The van der Waals surface area contributed by atoms with Gasteiger partial charge in [0.1, 0.15) is 29.5 Å². The molecule has 0 radical (unpaired) electrons. The smallest absolute Gasteiger partial charge is 0.246 e. The minimum atomic E-state index is -1.24. The van der Waals surface area contributed by atoms with Gasteiger partial charge in [-0.3, -0.25) is 4.79 Å². The van der Waals surface area contributed by atoms with Crippen LogP contribution in [0.4, 0.5) is 10.1 Å². The third kappa shape index (κ3) is 7.47. The van der Waals surface area contributed by atoms with Crippen LogP contribution >= 0.6 is 24.0 Å². The number of aliphatic imine (C=N–C) groups is 1. The second kappa shape index (κ2) is 11.0. The summed E-state index contributed by atoms with van der Waals surface area (Å²) in [4.78, 5) is 16.2. The lowest BCUT2D eigenvalue weighted by atomic mass is 10.0. The van der Waals surface area contributed by atoms with Crippen LogP contribution in [-0.4, -0.2) is 36.6 Å². The molecule has 1 aromatic heterocycles. The number of carbonyl (C=O) groups is 1. The molecule has 1 amide bonds. The fraction of sp³-hybridized carbons (Fsp3) is 0.368. The van der Waals surface area contributed by atoms with Crippen LogP contribution in [0.2, 0.25) is 0 Å². The molecule has 0 aliphatic rings. The Balaban J connectivity index is 0.00000392. The third-order valence-electron chi connectivity index (χ3n) is 3.70. The molecular formula is C19H26FIN4O3. The first kappa shape index (κ1) is 23.9. The van der Waals surface area contributed by atoms with Crippen molar-refractivity contribution in [3.05, 3.63) is 53.7 Å². The number of benzene rings is 1. The largest absolute Gasteiger partial charge is 0.463 e. The van der Waals surface area contributed by atoms with E-state index in [0.717, 1.165) is 0 Å². The predicted molar refractivity (Wildman–Crippen MR) is 117 cm³/mol. The van der Waals surface area contributed by atoms with Gasteiger partial charge in [-0.1, -0.05) is 6.07 Å². The van der Waals surface area contributed by atoms with E-state index in [2.05, 4.69) is 20.9 Å². The number of halogens is 2. The number of aryl methyl sites for hydroxylation is 1. The van der Waals surface area contributed by atoms with Crippen molar-refractivity contribution in [3.8, 4) is 0 Å². The number of nitrogens with zero attached hydrogens (tertiary/aromatic N) is 1. The van der Waals surface area contributed by atoms with Crippen LogP contribution in [0.1, 0.15) is 25.4 Å². The first-order chi connectivity index (χ1) is 12.8. The quantitative estimate of drug-likeness (QED) is 0.264. The number of anilines is 1. The maximum absolute atomic E-state index is 13.2. The lowest BCUT2D eigenvalue weighted by molar-refractivity contribution is -0.114. The molecule has 1 aromatic carbocycles. The lowest BCUT2D eigenvalue weighted by Gasteiger charge is -2.22. The normalized spacial score (nSPS) is 13.2. The first-order valence-corrected chi connectivity index (χ1v) is 8.67. The van der Waals surface area contributed by atoms with Gasteiger partial charge < -0.3 is 25.5 Å². The SMILES string of the molecule is CCNC(=NCC(=O)Nc1cccc(F)c1)NCC(C)(O)c1ccc(C)o1.I. The van der Waals surface area contributed by atoms with Crippen molar-refractivity contribution in [2.24, 2.45) is 4.99 Å². The van der Waals surface area contributed by atoms with Gasteiger partial charge in [0.15, 0.2) is 5.96 Å². The zero-order chi connectivity index (χ0) is 19.9.